The van der Waals surface area contributed by atoms with E-state index in [1.165, 1.54) is 0 Å². The van der Waals surface area contributed by atoms with E-state index in [9.17, 15) is 0 Å². The van der Waals surface area contributed by atoms with Crippen LogP contribution in [0.25, 0.3) is 0 Å². The van der Waals surface area contributed by atoms with Crippen LogP contribution in [-0.2, 0) is 0 Å². The summed E-state index contributed by atoms with van der Waals surface area (Å²) in [4.78, 5) is 0. The van der Waals surface area contributed by atoms with Crippen LogP contribution in [0, 0.1) is 0 Å². The van der Waals surface area contributed by atoms with Crippen LogP contribution in [0.1, 0.15) is 18.5 Å². The first-order chi connectivity index (χ1) is 8.06. The van der Waals surface area contributed by atoms with Gasteiger partial charge in [-0.3, -0.25) is 0 Å². The molecule has 17 heavy (non-hydrogen) atoms. The van der Waals surface area contributed by atoms with E-state index in [-0.39, 0.29) is 6.04 Å². The van der Waals surface area contributed by atoms with Crippen molar-refractivity contribution in [3.63, 3.8) is 0 Å². The molecule has 0 fully saturated rings. The van der Waals surface area contributed by atoms with E-state index in [1.807, 2.05) is 30.3 Å². The Kier molecular flexibility index (Phi) is 5.01. The zero-order valence-corrected chi connectivity index (χ0v) is 10.6. The van der Waals surface area contributed by atoms with Gasteiger partial charge < -0.3 is 11.5 Å². The maximum absolute atomic E-state index is 6.18. The van der Waals surface area contributed by atoms with Crippen LogP contribution < -0.4 is 11.5 Å². The van der Waals surface area contributed by atoms with Gasteiger partial charge in [0.2, 0.25) is 0 Å². The molecule has 0 aliphatic rings. The number of halogens is 1. The highest BCUT2D eigenvalue weighted by Crippen LogP contribution is 2.23. The number of allylic oxidation sites excluding steroid dienone is 2. The molecule has 1 aromatic carbocycles. The Morgan fingerprint density at radius 2 is 1.94 bits per heavy atom. The van der Waals surface area contributed by atoms with Crippen molar-refractivity contribution in [2.75, 3.05) is 0 Å². The molecule has 3 heteroatoms. The normalized spacial score (nSPS) is 15.1. The fourth-order valence-electron chi connectivity index (χ4n) is 1.52. The smallest absolute Gasteiger partial charge is 0.0572 e. The Morgan fingerprint density at radius 3 is 2.41 bits per heavy atom. The second-order valence-corrected chi connectivity index (χ2v) is 4.33. The maximum atomic E-state index is 6.18. The summed E-state index contributed by atoms with van der Waals surface area (Å²) >= 11 is 5.89. The molecule has 0 saturated carbocycles. The van der Waals surface area contributed by atoms with Crippen LogP contribution in [0.5, 0.6) is 0 Å². The van der Waals surface area contributed by atoms with E-state index < -0.39 is 0 Å². The van der Waals surface area contributed by atoms with E-state index in [0.29, 0.717) is 10.7 Å². The molecule has 90 valence electrons. The third-order valence-corrected chi connectivity index (χ3v) is 2.51. The molecule has 0 aromatic heterocycles. The van der Waals surface area contributed by atoms with Crippen molar-refractivity contribution in [2.24, 2.45) is 11.5 Å². The van der Waals surface area contributed by atoms with Crippen molar-refractivity contribution in [1.82, 2.24) is 0 Å². The molecule has 0 radical (unpaired) electrons. The quantitative estimate of drug-likeness (QED) is 0.804. The molecule has 4 N–H and O–H groups in total. The lowest BCUT2D eigenvalue weighted by molar-refractivity contribution is 0.857. The lowest BCUT2D eigenvalue weighted by Gasteiger charge is -2.15. The van der Waals surface area contributed by atoms with Gasteiger partial charge in [0, 0.05) is 10.7 Å². The highest BCUT2D eigenvalue weighted by Gasteiger charge is 2.12. The minimum Gasteiger partial charge on any atom is -0.398 e. The van der Waals surface area contributed by atoms with Gasteiger partial charge in [0.15, 0.2) is 0 Å². The van der Waals surface area contributed by atoms with Gasteiger partial charge in [0.05, 0.1) is 6.04 Å². The zero-order chi connectivity index (χ0) is 12.8. The highest BCUT2D eigenvalue weighted by molar-refractivity contribution is 6.29. The van der Waals surface area contributed by atoms with Crippen LogP contribution in [0.15, 0.2) is 65.4 Å². The predicted octanol–water partition coefficient (Wildman–Crippen LogP) is 3.23. The maximum Gasteiger partial charge on any atom is 0.0572 e. The largest absolute Gasteiger partial charge is 0.398 e. The molecule has 1 aromatic rings. The molecule has 1 rings (SSSR count). The van der Waals surface area contributed by atoms with E-state index >= 15 is 0 Å². The third-order valence-electron chi connectivity index (χ3n) is 2.40. The van der Waals surface area contributed by atoms with E-state index in [4.69, 9.17) is 23.1 Å². The van der Waals surface area contributed by atoms with Gasteiger partial charge in [-0.1, -0.05) is 48.5 Å². The Labute approximate surface area is 107 Å². The molecule has 0 amide bonds. The zero-order valence-electron chi connectivity index (χ0n) is 9.86. The molecule has 0 aliphatic carbocycles. The summed E-state index contributed by atoms with van der Waals surface area (Å²) in [6.07, 6.45) is 3.35. The summed E-state index contributed by atoms with van der Waals surface area (Å²) < 4.78 is 0. The molecule has 0 aliphatic heterocycles. The average Bonchev–Trinajstić information content (AvgIpc) is 2.35. The average molecular weight is 249 g/mol. The van der Waals surface area contributed by atoms with Crippen molar-refractivity contribution in [3.05, 3.63) is 70.9 Å². The van der Waals surface area contributed by atoms with Crippen LogP contribution in [0.2, 0.25) is 0 Å². The van der Waals surface area contributed by atoms with E-state index in [0.717, 1.165) is 11.1 Å². The minimum atomic E-state index is -0.303. The summed E-state index contributed by atoms with van der Waals surface area (Å²) in [6, 6.07) is 9.43. The Balaban J connectivity index is 3.18. The first-order valence-electron chi connectivity index (χ1n) is 5.32. The van der Waals surface area contributed by atoms with E-state index in [2.05, 4.69) is 6.58 Å². The summed E-state index contributed by atoms with van der Waals surface area (Å²) in [5, 5.41) is 0.635. The summed E-state index contributed by atoms with van der Waals surface area (Å²) in [5.74, 6) is 0. The van der Waals surface area contributed by atoms with Gasteiger partial charge in [0.25, 0.3) is 0 Å². The molecule has 1 atom stereocenters. The number of nitrogens with two attached hydrogens (primary N) is 2. The molecule has 0 heterocycles. The van der Waals surface area contributed by atoms with Crippen molar-refractivity contribution in [2.45, 2.75) is 13.0 Å². The Hall–Kier alpha value is -1.51. The topological polar surface area (TPSA) is 52.0 Å². The Bertz CT molecular complexity index is 443. The molecular formula is C14H17ClN2. The lowest BCUT2D eigenvalue weighted by Crippen LogP contribution is -2.16. The fraction of sp³-hybridized carbons (Fsp3) is 0.143. The van der Waals surface area contributed by atoms with E-state index in [1.54, 1.807) is 19.1 Å². The van der Waals surface area contributed by atoms with Crippen LogP contribution >= 0.6 is 11.6 Å². The van der Waals surface area contributed by atoms with Gasteiger partial charge in [-0.25, -0.2) is 0 Å². The third kappa shape index (κ3) is 3.77. The van der Waals surface area contributed by atoms with Crippen molar-refractivity contribution < 1.29 is 0 Å². The summed E-state index contributed by atoms with van der Waals surface area (Å²) in [6.45, 7) is 5.44. The molecule has 2 nitrogen and oxygen atoms in total. The van der Waals surface area contributed by atoms with Crippen LogP contribution in [0.3, 0.4) is 0 Å². The second-order valence-electron chi connectivity index (χ2n) is 3.73. The van der Waals surface area contributed by atoms with Gasteiger partial charge >= 0.3 is 0 Å². The molecular weight excluding hydrogens is 232 g/mol. The SMILES string of the molecule is C=C/C(N)=C(\C=C(/C)Cl)C(N)c1ccccc1. The summed E-state index contributed by atoms with van der Waals surface area (Å²) in [5.41, 5.74) is 14.4. The standard InChI is InChI=1S/C14H17ClN2/c1-3-13(16)12(9-10(2)15)14(17)11-7-5-4-6-8-11/h3-9,14H,1,16-17H2,2H3/b10-9+,13-12-. The van der Waals surface area contributed by atoms with Crippen molar-refractivity contribution in [1.29, 1.82) is 0 Å². The fourth-order valence-corrected chi connectivity index (χ4v) is 1.64. The minimum absolute atomic E-state index is 0.303. The first kappa shape index (κ1) is 13.6. The Morgan fingerprint density at radius 1 is 1.35 bits per heavy atom. The number of hydrogen-bond acceptors (Lipinski definition) is 2. The number of rotatable bonds is 4. The second kappa shape index (κ2) is 6.28. The van der Waals surface area contributed by atoms with Gasteiger partial charge in [-0.2, -0.15) is 0 Å². The molecule has 0 spiro atoms. The van der Waals surface area contributed by atoms with Gasteiger partial charge in [-0.05, 0) is 30.2 Å². The summed E-state index contributed by atoms with van der Waals surface area (Å²) in [7, 11) is 0. The van der Waals surface area contributed by atoms with Crippen LogP contribution in [0.4, 0.5) is 0 Å². The number of hydrogen-bond donors (Lipinski definition) is 2. The van der Waals surface area contributed by atoms with Crippen molar-refractivity contribution in [3.8, 4) is 0 Å². The highest BCUT2D eigenvalue weighted by atomic mass is 35.5. The van der Waals surface area contributed by atoms with Crippen molar-refractivity contribution >= 4 is 11.6 Å². The lowest BCUT2D eigenvalue weighted by atomic mass is 9.97. The number of benzene rings is 1. The monoisotopic (exact) mass is 248 g/mol. The first-order valence-corrected chi connectivity index (χ1v) is 5.70. The van der Waals surface area contributed by atoms with Crippen LogP contribution in [-0.4, -0.2) is 0 Å². The van der Waals surface area contributed by atoms with Gasteiger partial charge in [-0.15, -0.1) is 0 Å². The molecule has 1 unspecified atom stereocenters. The predicted molar refractivity (Wildman–Crippen MR) is 74.4 cm³/mol. The van der Waals surface area contributed by atoms with Gasteiger partial charge in [0.1, 0.15) is 0 Å². The molecule has 0 bridgehead atoms. The molecule has 0 saturated heterocycles.